The molecule has 5 rings (SSSR count). The van der Waals surface area contributed by atoms with E-state index >= 15 is 0 Å². The third-order valence-electron chi connectivity index (χ3n) is 5.56. The molecule has 170 valence electrons. The van der Waals surface area contributed by atoms with E-state index in [1.54, 1.807) is 30.3 Å². The number of hydrogen-bond donors (Lipinski definition) is 3. The van der Waals surface area contributed by atoms with Gasteiger partial charge in [0.2, 0.25) is 0 Å². The van der Waals surface area contributed by atoms with Crippen molar-refractivity contribution >= 4 is 27.9 Å². The lowest BCUT2D eigenvalue weighted by molar-refractivity contribution is -0.136. The van der Waals surface area contributed by atoms with Crippen molar-refractivity contribution in [3.8, 4) is 39.9 Å². The third kappa shape index (κ3) is 3.41. The van der Waals surface area contributed by atoms with Crippen LogP contribution in [0.1, 0.15) is 5.56 Å². The fourth-order valence-corrected chi connectivity index (χ4v) is 4.06. The number of methoxy groups -OCH3 is 1. The van der Waals surface area contributed by atoms with Crippen LogP contribution in [0.25, 0.3) is 44.6 Å². The average molecular weight is 458 g/mol. The lowest BCUT2D eigenvalue weighted by atomic mass is 10.0. The number of phenolic OH excluding ortho intramolecular Hbond substituents is 2. The van der Waals surface area contributed by atoms with Gasteiger partial charge in [0.25, 0.3) is 0 Å². The first-order valence-electron chi connectivity index (χ1n) is 10.3. The monoisotopic (exact) mass is 458 g/mol. The van der Waals surface area contributed by atoms with Gasteiger partial charge in [0.1, 0.15) is 28.2 Å². The van der Waals surface area contributed by atoms with Gasteiger partial charge in [0.15, 0.2) is 22.5 Å². The number of hydrogen-bond acceptors (Lipinski definition) is 7. The molecule has 0 aliphatic carbocycles. The summed E-state index contributed by atoms with van der Waals surface area (Å²) in [7, 11) is 1.39. The summed E-state index contributed by atoms with van der Waals surface area (Å²) in [6.45, 7) is 0. The molecule has 3 N–H and O–H groups in total. The molecule has 5 aromatic rings. The number of benzene rings is 3. The van der Waals surface area contributed by atoms with Gasteiger partial charge >= 0.3 is 5.97 Å². The molecule has 3 aromatic carbocycles. The summed E-state index contributed by atoms with van der Waals surface area (Å²) in [6.07, 6.45) is -0.440. The van der Waals surface area contributed by atoms with Gasteiger partial charge in [-0.2, -0.15) is 0 Å². The van der Waals surface area contributed by atoms with E-state index in [0.717, 1.165) is 0 Å². The van der Waals surface area contributed by atoms with Crippen molar-refractivity contribution in [2.45, 2.75) is 6.42 Å². The quantitative estimate of drug-likeness (QED) is 0.338. The zero-order valence-corrected chi connectivity index (χ0v) is 17.9. The number of carbonyl (C=O) groups is 1. The lowest BCUT2D eigenvalue weighted by Gasteiger charge is -2.07. The van der Waals surface area contributed by atoms with Gasteiger partial charge in [-0.1, -0.05) is 30.3 Å². The minimum Gasteiger partial charge on any atom is -0.507 e. The van der Waals surface area contributed by atoms with Gasteiger partial charge in [-0.15, -0.1) is 0 Å². The highest BCUT2D eigenvalue weighted by atomic mass is 16.5. The standard InChI is InChI=1S/C26H18O8/c1-32-20-9-14(7-8-16(20)27)25-15(10-22(30)31)23-21(34-25)12-18(29)24-17(28)11-19(33-26(23)24)13-5-3-2-4-6-13/h2-9,11-12,27,29H,10H2,1H3,(H,30,31). The Kier molecular flexibility index (Phi) is 4.98. The Morgan fingerprint density at radius 3 is 2.38 bits per heavy atom. The highest BCUT2D eigenvalue weighted by Gasteiger charge is 2.25. The molecule has 0 radical (unpaired) electrons. The number of aromatic hydroxyl groups is 2. The van der Waals surface area contributed by atoms with E-state index in [4.69, 9.17) is 13.6 Å². The molecular formula is C26H18O8. The summed E-state index contributed by atoms with van der Waals surface area (Å²) in [6, 6.07) is 16.0. The Morgan fingerprint density at radius 2 is 1.68 bits per heavy atom. The van der Waals surface area contributed by atoms with Crippen LogP contribution in [0.4, 0.5) is 0 Å². The molecule has 0 fully saturated rings. The second-order valence-corrected chi connectivity index (χ2v) is 7.68. The highest BCUT2D eigenvalue weighted by Crippen LogP contribution is 2.43. The van der Waals surface area contributed by atoms with Crippen LogP contribution in [0, 0.1) is 0 Å². The van der Waals surface area contributed by atoms with E-state index in [-0.39, 0.29) is 56.3 Å². The summed E-state index contributed by atoms with van der Waals surface area (Å²) in [5, 5.41) is 30.4. The molecule has 34 heavy (non-hydrogen) atoms. The molecule has 0 bridgehead atoms. The number of phenols is 2. The topological polar surface area (TPSA) is 130 Å². The van der Waals surface area contributed by atoms with Crippen LogP contribution in [0.5, 0.6) is 17.2 Å². The van der Waals surface area contributed by atoms with Crippen molar-refractivity contribution < 1.29 is 33.7 Å². The van der Waals surface area contributed by atoms with E-state index in [9.17, 15) is 24.9 Å². The predicted octanol–water partition coefficient (Wildman–Crippen LogP) is 4.92. The molecule has 0 aliphatic rings. The van der Waals surface area contributed by atoms with Crippen LogP contribution < -0.4 is 10.2 Å². The van der Waals surface area contributed by atoms with Crippen molar-refractivity contribution in [1.29, 1.82) is 0 Å². The largest absolute Gasteiger partial charge is 0.507 e. The van der Waals surface area contributed by atoms with Crippen LogP contribution in [-0.4, -0.2) is 28.4 Å². The first-order valence-corrected chi connectivity index (χ1v) is 10.3. The fourth-order valence-electron chi connectivity index (χ4n) is 4.06. The molecule has 0 unspecified atom stereocenters. The van der Waals surface area contributed by atoms with Crippen LogP contribution in [0.2, 0.25) is 0 Å². The average Bonchev–Trinajstić information content (AvgIpc) is 3.17. The zero-order valence-electron chi connectivity index (χ0n) is 17.9. The van der Waals surface area contributed by atoms with E-state index in [1.807, 2.05) is 6.07 Å². The Bertz CT molecular complexity index is 1630. The van der Waals surface area contributed by atoms with Gasteiger partial charge < -0.3 is 28.9 Å². The summed E-state index contributed by atoms with van der Waals surface area (Å²) in [5.74, 6) is -0.942. The first kappa shape index (κ1) is 21.1. The summed E-state index contributed by atoms with van der Waals surface area (Å²) < 4.78 is 17.2. The molecular weight excluding hydrogens is 440 g/mol. The summed E-state index contributed by atoms with van der Waals surface area (Å²) >= 11 is 0. The summed E-state index contributed by atoms with van der Waals surface area (Å²) in [4.78, 5) is 24.7. The Balaban J connectivity index is 1.89. The van der Waals surface area contributed by atoms with E-state index < -0.39 is 17.8 Å². The van der Waals surface area contributed by atoms with E-state index in [2.05, 4.69) is 0 Å². The van der Waals surface area contributed by atoms with Crippen molar-refractivity contribution in [2.24, 2.45) is 0 Å². The van der Waals surface area contributed by atoms with Gasteiger partial charge in [-0.25, -0.2) is 0 Å². The second-order valence-electron chi connectivity index (χ2n) is 7.68. The number of aliphatic carboxylic acids is 1. The predicted molar refractivity (Wildman–Crippen MR) is 124 cm³/mol. The number of fused-ring (bicyclic) bond motifs is 3. The van der Waals surface area contributed by atoms with Crippen molar-refractivity contribution in [2.75, 3.05) is 7.11 Å². The maximum atomic E-state index is 13.0. The highest BCUT2D eigenvalue weighted by molar-refractivity contribution is 6.10. The molecule has 0 spiro atoms. The van der Waals surface area contributed by atoms with Crippen LogP contribution >= 0.6 is 0 Å². The molecule has 2 aromatic heterocycles. The SMILES string of the molecule is COc1cc(-c2oc3cc(O)c4c(=O)cc(-c5ccccc5)oc4c3c2CC(=O)O)ccc1O. The lowest BCUT2D eigenvalue weighted by Crippen LogP contribution is -2.03. The van der Waals surface area contributed by atoms with Gasteiger partial charge in [0, 0.05) is 28.8 Å². The molecule has 0 saturated heterocycles. The Hall–Kier alpha value is -4.72. The Morgan fingerprint density at radius 1 is 0.912 bits per heavy atom. The smallest absolute Gasteiger partial charge is 0.307 e. The first-order chi connectivity index (χ1) is 16.4. The van der Waals surface area contributed by atoms with Crippen molar-refractivity contribution in [1.82, 2.24) is 0 Å². The minimum absolute atomic E-state index is 0.0262. The Labute approximate surface area is 191 Å². The fraction of sp³-hybridized carbons (Fsp3) is 0.0769. The number of furan rings is 1. The van der Waals surface area contributed by atoms with Crippen LogP contribution in [0.15, 0.2) is 74.3 Å². The van der Waals surface area contributed by atoms with Gasteiger partial charge in [-0.3, -0.25) is 9.59 Å². The summed E-state index contributed by atoms with van der Waals surface area (Å²) in [5.41, 5.74) is 1.04. The molecule has 8 nitrogen and oxygen atoms in total. The number of rotatable bonds is 5. The molecule has 8 heteroatoms. The van der Waals surface area contributed by atoms with Crippen molar-refractivity contribution in [3.05, 3.63) is 76.5 Å². The second kappa shape index (κ2) is 8.00. The normalized spacial score (nSPS) is 11.2. The van der Waals surface area contributed by atoms with Crippen molar-refractivity contribution in [3.63, 3.8) is 0 Å². The molecule has 0 amide bonds. The number of carboxylic acids is 1. The maximum absolute atomic E-state index is 13.0. The molecule has 0 saturated carbocycles. The number of carboxylic acid groups (broad SMARTS) is 1. The van der Waals surface area contributed by atoms with Gasteiger partial charge in [0.05, 0.1) is 18.9 Å². The molecule has 0 aliphatic heterocycles. The van der Waals surface area contributed by atoms with E-state index in [0.29, 0.717) is 11.1 Å². The minimum atomic E-state index is -1.13. The third-order valence-corrected chi connectivity index (χ3v) is 5.56. The van der Waals surface area contributed by atoms with Crippen LogP contribution in [-0.2, 0) is 11.2 Å². The van der Waals surface area contributed by atoms with Crippen LogP contribution in [0.3, 0.4) is 0 Å². The number of ether oxygens (including phenoxy) is 1. The maximum Gasteiger partial charge on any atom is 0.307 e. The van der Waals surface area contributed by atoms with Gasteiger partial charge in [-0.05, 0) is 18.2 Å². The molecule has 0 atom stereocenters. The molecule has 2 heterocycles. The van der Waals surface area contributed by atoms with E-state index in [1.165, 1.54) is 31.4 Å². The zero-order chi connectivity index (χ0) is 24.0.